The number of nitro groups is 1. The van der Waals surface area contributed by atoms with Crippen molar-refractivity contribution in [1.29, 1.82) is 0 Å². The molecule has 1 aliphatic heterocycles. The minimum absolute atomic E-state index is 0.119. The summed E-state index contributed by atoms with van der Waals surface area (Å²) in [6.45, 7) is 4.46. The number of thiazole rings is 1. The van der Waals surface area contributed by atoms with Crippen LogP contribution >= 0.6 is 11.3 Å². The Bertz CT molecular complexity index is 1660. The molecule has 4 rings (SSSR count). The summed E-state index contributed by atoms with van der Waals surface area (Å²) in [7, 11) is 2.50. The third-order valence-electron chi connectivity index (χ3n) is 5.80. The van der Waals surface area contributed by atoms with E-state index < -0.39 is 33.9 Å². The van der Waals surface area contributed by atoms with Crippen LogP contribution in [0.25, 0.3) is 6.08 Å². The number of phenolic OH excluding ortho intramolecular Hbond substituents is 1. The zero-order chi connectivity index (χ0) is 28.3. The number of carbonyl (C=O) groups is 1. The van der Waals surface area contributed by atoms with E-state index in [1.165, 1.54) is 37.1 Å². The van der Waals surface area contributed by atoms with Gasteiger partial charge in [-0.1, -0.05) is 17.4 Å². The highest BCUT2D eigenvalue weighted by Gasteiger charge is 2.31. The SMILES string of the molecule is CCOc1ccc([C@H]2C(C(=O)OC)=CN=c3s/c(=C\c4cc(OC)c(O)c([N+](=O)[O-])c4)c(=O)n32)cc1OCC. The van der Waals surface area contributed by atoms with Crippen molar-refractivity contribution >= 4 is 29.1 Å². The molecule has 0 saturated heterocycles. The third kappa shape index (κ3) is 5.21. The molecule has 0 aliphatic carbocycles. The molecule has 2 heterocycles. The van der Waals surface area contributed by atoms with Crippen molar-refractivity contribution in [3.05, 3.63) is 83.0 Å². The molecule has 0 bridgehead atoms. The van der Waals surface area contributed by atoms with E-state index in [0.717, 1.165) is 17.4 Å². The first-order valence-electron chi connectivity index (χ1n) is 11.8. The Labute approximate surface area is 225 Å². The molecule has 1 aromatic heterocycles. The van der Waals surface area contributed by atoms with Crippen LogP contribution in [0.3, 0.4) is 0 Å². The van der Waals surface area contributed by atoms with E-state index in [4.69, 9.17) is 18.9 Å². The van der Waals surface area contributed by atoms with Gasteiger partial charge >= 0.3 is 11.7 Å². The number of nitrogens with zero attached hydrogens (tertiary/aromatic N) is 3. The predicted octanol–water partition coefficient (Wildman–Crippen LogP) is 2.44. The van der Waals surface area contributed by atoms with E-state index in [2.05, 4.69) is 4.99 Å². The number of esters is 1. The van der Waals surface area contributed by atoms with Gasteiger partial charge in [0.1, 0.15) is 0 Å². The van der Waals surface area contributed by atoms with Crippen LogP contribution in [0, 0.1) is 10.1 Å². The lowest BCUT2D eigenvalue weighted by atomic mass is 9.97. The number of hydrogen-bond acceptors (Lipinski definition) is 11. The average Bonchev–Trinajstić information content (AvgIpc) is 3.24. The topological polar surface area (TPSA) is 152 Å². The molecule has 0 spiro atoms. The van der Waals surface area contributed by atoms with Gasteiger partial charge in [-0.25, -0.2) is 9.79 Å². The lowest BCUT2D eigenvalue weighted by Crippen LogP contribution is -2.39. The van der Waals surface area contributed by atoms with Gasteiger partial charge in [-0.3, -0.25) is 19.5 Å². The molecule has 1 atom stereocenters. The van der Waals surface area contributed by atoms with Crippen molar-refractivity contribution in [3.8, 4) is 23.0 Å². The van der Waals surface area contributed by atoms with Crippen LogP contribution in [0.1, 0.15) is 31.0 Å². The van der Waals surface area contributed by atoms with Gasteiger partial charge in [-0.05, 0) is 49.2 Å². The van der Waals surface area contributed by atoms with Gasteiger partial charge in [-0.2, -0.15) is 0 Å². The lowest BCUT2D eigenvalue weighted by Gasteiger charge is -2.23. The van der Waals surface area contributed by atoms with Crippen LogP contribution in [-0.2, 0) is 9.53 Å². The number of methoxy groups -OCH3 is 2. The minimum atomic E-state index is -0.894. The third-order valence-corrected chi connectivity index (χ3v) is 6.80. The lowest BCUT2D eigenvalue weighted by molar-refractivity contribution is -0.386. The summed E-state index contributed by atoms with van der Waals surface area (Å²) in [4.78, 5) is 41.7. The van der Waals surface area contributed by atoms with Crippen LogP contribution in [-0.4, -0.2) is 48.0 Å². The highest BCUT2D eigenvalue weighted by atomic mass is 32.1. The highest BCUT2D eigenvalue weighted by Crippen LogP contribution is 2.37. The van der Waals surface area contributed by atoms with Crippen molar-refractivity contribution < 1.29 is 33.8 Å². The van der Waals surface area contributed by atoms with Gasteiger partial charge in [-0.15, -0.1) is 0 Å². The van der Waals surface area contributed by atoms with Crippen LogP contribution in [0.5, 0.6) is 23.0 Å². The molecule has 1 N–H and O–H groups in total. The fraction of sp³-hybridized carbons (Fsp3) is 0.269. The van der Waals surface area contributed by atoms with Gasteiger partial charge in [0.15, 0.2) is 22.0 Å². The molecule has 0 unspecified atom stereocenters. The van der Waals surface area contributed by atoms with E-state index in [-0.39, 0.29) is 21.4 Å². The van der Waals surface area contributed by atoms with Crippen LogP contribution < -0.4 is 29.1 Å². The summed E-state index contributed by atoms with van der Waals surface area (Å²) in [6, 6.07) is 6.75. The Kier molecular flexibility index (Phi) is 8.00. The van der Waals surface area contributed by atoms with Crippen molar-refractivity contribution in [3.63, 3.8) is 0 Å². The molecule has 39 heavy (non-hydrogen) atoms. The van der Waals surface area contributed by atoms with Gasteiger partial charge in [0.25, 0.3) is 5.56 Å². The summed E-state index contributed by atoms with van der Waals surface area (Å²) >= 11 is 1.04. The highest BCUT2D eigenvalue weighted by molar-refractivity contribution is 7.07. The number of benzene rings is 2. The Balaban J connectivity index is 1.93. The summed E-state index contributed by atoms with van der Waals surface area (Å²) in [5.41, 5.74) is -0.116. The van der Waals surface area contributed by atoms with Crippen molar-refractivity contribution in [2.75, 3.05) is 27.4 Å². The normalized spacial score (nSPS) is 14.6. The number of phenols is 1. The maximum Gasteiger partial charge on any atom is 0.337 e. The zero-order valence-corrected chi connectivity index (χ0v) is 22.3. The smallest absolute Gasteiger partial charge is 0.337 e. The molecule has 0 saturated carbocycles. The minimum Gasteiger partial charge on any atom is -0.500 e. The summed E-state index contributed by atoms with van der Waals surface area (Å²) in [5.74, 6) is -0.439. The van der Waals surface area contributed by atoms with Crippen LogP contribution in [0.4, 0.5) is 5.69 Å². The quantitative estimate of drug-likeness (QED) is 0.238. The number of nitro benzene ring substituents is 1. The first-order chi connectivity index (χ1) is 18.7. The van der Waals surface area contributed by atoms with Gasteiger partial charge in [0.05, 0.1) is 48.5 Å². The number of aromatic hydroxyl groups is 1. The molecular formula is C26H25N3O9S. The van der Waals surface area contributed by atoms with E-state index in [0.29, 0.717) is 35.1 Å². The molecule has 0 fully saturated rings. The summed E-state index contributed by atoms with van der Waals surface area (Å²) < 4.78 is 23.0. The van der Waals surface area contributed by atoms with E-state index >= 15 is 0 Å². The van der Waals surface area contributed by atoms with Gasteiger partial charge in [0, 0.05) is 12.3 Å². The standard InChI is InChI=1S/C26H25N3O9S/c1-5-37-18-8-7-15(12-19(18)38-6-2)22-16(25(32)36-4)13-27-26-28(22)24(31)21(39-26)11-14-9-17(29(33)34)23(30)20(10-14)35-3/h7-13,22,30H,5-6H2,1-4H3/b21-11-/t22-/m0/s1. The Morgan fingerprint density at radius 1 is 1.15 bits per heavy atom. The largest absolute Gasteiger partial charge is 0.500 e. The molecule has 0 radical (unpaired) electrons. The second kappa shape index (κ2) is 11.4. The molecule has 13 heteroatoms. The maximum atomic E-state index is 13.7. The van der Waals surface area contributed by atoms with E-state index in [9.17, 15) is 24.8 Å². The number of fused-ring (bicyclic) bond motifs is 1. The van der Waals surface area contributed by atoms with Crippen LogP contribution in [0.15, 0.2) is 51.9 Å². The monoisotopic (exact) mass is 555 g/mol. The predicted molar refractivity (Wildman–Crippen MR) is 141 cm³/mol. The molecule has 12 nitrogen and oxygen atoms in total. The first-order valence-corrected chi connectivity index (χ1v) is 12.6. The molecule has 3 aromatic rings. The molecule has 0 amide bonds. The van der Waals surface area contributed by atoms with Crippen molar-refractivity contribution in [2.45, 2.75) is 19.9 Å². The first kappa shape index (κ1) is 27.4. The Morgan fingerprint density at radius 3 is 2.51 bits per heavy atom. The number of rotatable bonds is 9. The van der Waals surface area contributed by atoms with E-state index in [1.807, 2.05) is 13.8 Å². The van der Waals surface area contributed by atoms with Gasteiger partial charge < -0.3 is 24.1 Å². The number of carbonyl (C=O) groups excluding carboxylic acids is 1. The second-order valence-corrected chi connectivity index (χ2v) is 9.11. The maximum absolute atomic E-state index is 13.7. The number of aromatic nitrogens is 1. The summed E-state index contributed by atoms with van der Waals surface area (Å²) in [6.07, 6.45) is 2.79. The molecule has 204 valence electrons. The van der Waals surface area contributed by atoms with Gasteiger partial charge in [0.2, 0.25) is 5.75 Å². The van der Waals surface area contributed by atoms with E-state index in [1.54, 1.807) is 18.2 Å². The van der Waals surface area contributed by atoms with Crippen LogP contribution in [0.2, 0.25) is 0 Å². The molecule has 1 aliphatic rings. The number of ether oxygens (including phenoxy) is 4. The van der Waals surface area contributed by atoms with Crippen molar-refractivity contribution in [2.24, 2.45) is 4.99 Å². The zero-order valence-electron chi connectivity index (χ0n) is 21.5. The summed E-state index contributed by atoms with van der Waals surface area (Å²) in [5, 5.41) is 21.5. The molecule has 2 aromatic carbocycles. The molecular weight excluding hydrogens is 530 g/mol. The Hall–Kier alpha value is -4.65. The fourth-order valence-corrected chi connectivity index (χ4v) is 5.10. The Morgan fingerprint density at radius 2 is 1.87 bits per heavy atom. The second-order valence-electron chi connectivity index (χ2n) is 8.10. The fourth-order valence-electron chi connectivity index (χ4n) is 4.13. The number of hydrogen-bond donors (Lipinski definition) is 1. The average molecular weight is 556 g/mol. The van der Waals surface area contributed by atoms with Crippen molar-refractivity contribution in [1.82, 2.24) is 4.57 Å².